The first-order valence-corrected chi connectivity index (χ1v) is 9.47. The predicted octanol–water partition coefficient (Wildman–Crippen LogP) is 3.94. The van der Waals surface area contributed by atoms with E-state index in [9.17, 15) is 0 Å². The first-order chi connectivity index (χ1) is 12.1. The van der Waals surface area contributed by atoms with Gasteiger partial charge in [-0.3, -0.25) is 0 Å². The molecule has 0 saturated carbocycles. The molecule has 0 fully saturated rings. The van der Waals surface area contributed by atoms with Gasteiger partial charge in [0.2, 0.25) is 0 Å². The summed E-state index contributed by atoms with van der Waals surface area (Å²) in [6, 6.07) is 15.0. The van der Waals surface area contributed by atoms with Crippen LogP contribution >= 0.6 is 11.3 Å². The van der Waals surface area contributed by atoms with E-state index in [0.717, 1.165) is 24.5 Å². The molecule has 3 rings (SSSR count). The van der Waals surface area contributed by atoms with Gasteiger partial charge < -0.3 is 10.2 Å². The van der Waals surface area contributed by atoms with Gasteiger partial charge in [0, 0.05) is 29.2 Å². The van der Waals surface area contributed by atoms with Crippen LogP contribution in [0.1, 0.15) is 27.9 Å². The van der Waals surface area contributed by atoms with Crippen molar-refractivity contribution in [2.24, 2.45) is 0 Å². The van der Waals surface area contributed by atoms with Gasteiger partial charge in [-0.1, -0.05) is 24.3 Å². The van der Waals surface area contributed by atoms with Crippen molar-refractivity contribution in [3.63, 3.8) is 0 Å². The molecule has 1 unspecified atom stereocenters. The summed E-state index contributed by atoms with van der Waals surface area (Å²) < 4.78 is 2.04. The topological polar surface area (TPSA) is 33.1 Å². The fourth-order valence-corrected chi connectivity index (χ4v) is 4.03. The zero-order valence-electron chi connectivity index (χ0n) is 15.4. The Morgan fingerprint density at radius 1 is 1.12 bits per heavy atom. The molecular formula is C20H26N4S. The Labute approximate surface area is 154 Å². The molecule has 0 spiro atoms. The highest BCUT2D eigenvalue weighted by Crippen LogP contribution is 2.23. The van der Waals surface area contributed by atoms with Crippen molar-refractivity contribution in [3.8, 4) is 5.69 Å². The minimum absolute atomic E-state index is 0.393. The number of nitrogens with zero attached hydrogens (tertiary/aromatic N) is 3. The van der Waals surface area contributed by atoms with Gasteiger partial charge in [0.05, 0.1) is 17.4 Å². The Kier molecular flexibility index (Phi) is 5.68. The second kappa shape index (κ2) is 7.95. The maximum Gasteiger partial charge on any atom is 0.0648 e. The lowest BCUT2D eigenvalue weighted by atomic mass is 10.1. The van der Waals surface area contributed by atoms with Crippen molar-refractivity contribution in [2.45, 2.75) is 26.4 Å². The molecule has 132 valence electrons. The zero-order valence-corrected chi connectivity index (χ0v) is 16.2. The fraction of sp³-hybridized carbons (Fsp3) is 0.350. The number of nitrogens with one attached hydrogen (secondary N) is 1. The quantitative estimate of drug-likeness (QED) is 0.697. The first kappa shape index (κ1) is 17.9. The van der Waals surface area contributed by atoms with E-state index >= 15 is 0 Å². The summed E-state index contributed by atoms with van der Waals surface area (Å²) in [5, 5.41) is 10.5. The molecule has 0 bridgehead atoms. The van der Waals surface area contributed by atoms with Crippen molar-refractivity contribution in [2.75, 3.05) is 20.6 Å². The van der Waals surface area contributed by atoms with Crippen LogP contribution in [0, 0.1) is 13.8 Å². The molecule has 0 amide bonds. The Bertz CT molecular complexity index is 791. The molecule has 1 aromatic carbocycles. The van der Waals surface area contributed by atoms with Crippen LogP contribution in [0.5, 0.6) is 0 Å². The van der Waals surface area contributed by atoms with Crippen LogP contribution in [0.15, 0.2) is 47.8 Å². The Balaban J connectivity index is 1.70. The number of likely N-dealkylation sites (N-methyl/N-ethyl adjacent to an activating group) is 1. The highest BCUT2D eigenvalue weighted by atomic mass is 32.1. The van der Waals surface area contributed by atoms with Crippen LogP contribution < -0.4 is 5.32 Å². The lowest BCUT2D eigenvalue weighted by molar-refractivity contribution is 0.292. The summed E-state index contributed by atoms with van der Waals surface area (Å²) in [7, 11) is 4.27. The third-order valence-electron chi connectivity index (χ3n) is 4.58. The summed E-state index contributed by atoms with van der Waals surface area (Å²) in [6.07, 6.45) is 0. The van der Waals surface area contributed by atoms with Crippen molar-refractivity contribution >= 4 is 11.3 Å². The van der Waals surface area contributed by atoms with Crippen molar-refractivity contribution in [1.82, 2.24) is 20.0 Å². The number of thiophene rings is 1. The van der Waals surface area contributed by atoms with Crippen molar-refractivity contribution in [3.05, 3.63) is 69.7 Å². The number of para-hydroxylation sites is 1. The van der Waals surface area contributed by atoms with Gasteiger partial charge in [0.15, 0.2) is 0 Å². The SMILES string of the molecule is Cc1nn(-c2ccccc2)c(C)c1CNCC(c1cccs1)N(C)C. The molecule has 3 aromatic rings. The fourth-order valence-electron chi connectivity index (χ4n) is 3.10. The third kappa shape index (κ3) is 4.00. The normalized spacial score (nSPS) is 12.7. The van der Waals surface area contributed by atoms with Gasteiger partial charge in [-0.15, -0.1) is 11.3 Å². The maximum atomic E-state index is 4.73. The predicted molar refractivity (Wildman–Crippen MR) is 105 cm³/mol. The molecule has 4 nitrogen and oxygen atoms in total. The van der Waals surface area contributed by atoms with Gasteiger partial charge in [0.25, 0.3) is 0 Å². The summed E-state index contributed by atoms with van der Waals surface area (Å²) in [5.74, 6) is 0. The number of aromatic nitrogens is 2. The van der Waals surface area contributed by atoms with Crippen LogP contribution in [0.3, 0.4) is 0 Å². The first-order valence-electron chi connectivity index (χ1n) is 8.59. The minimum Gasteiger partial charge on any atom is -0.311 e. The average molecular weight is 355 g/mol. The highest BCUT2D eigenvalue weighted by Gasteiger charge is 2.16. The lowest BCUT2D eigenvalue weighted by Gasteiger charge is -2.23. The molecule has 2 heterocycles. The van der Waals surface area contributed by atoms with Crippen LogP contribution in [0.4, 0.5) is 0 Å². The number of hydrogen-bond acceptors (Lipinski definition) is 4. The standard InChI is InChI=1S/C20H26N4S/c1-15-18(16(2)24(22-15)17-9-6-5-7-10-17)13-21-14-19(23(3)4)20-11-8-12-25-20/h5-12,19,21H,13-14H2,1-4H3. The molecule has 1 N–H and O–H groups in total. The highest BCUT2D eigenvalue weighted by molar-refractivity contribution is 7.10. The molecule has 0 aliphatic carbocycles. The summed E-state index contributed by atoms with van der Waals surface area (Å²) in [5.41, 5.74) is 4.69. The van der Waals surface area contributed by atoms with Crippen LogP contribution in [-0.2, 0) is 6.54 Å². The maximum absolute atomic E-state index is 4.73. The largest absolute Gasteiger partial charge is 0.311 e. The monoisotopic (exact) mass is 354 g/mol. The number of rotatable bonds is 7. The van der Waals surface area contributed by atoms with Gasteiger partial charge in [-0.05, 0) is 51.5 Å². The second-order valence-electron chi connectivity index (χ2n) is 6.52. The van der Waals surface area contributed by atoms with E-state index in [4.69, 9.17) is 5.10 Å². The molecule has 2 aromatic heterocycles. The van der Waals surface area contributed by atoms with E-state index in [1.807, 2.05) is 34.2 Å². The van der Waals surface area contributed by atoms with Crippen LogP contribution in [-0.4, -0.2) is 35.3 Å². The van der Waals surface area contributed by atoms with Crippen molar-refractivity contribution in [1.29, 1.82) is 0 Å². The molecule has 1 atom stereocenters. The van der Waals surface area contributed by atoms with Crippen LogP contribution in [0.2, 0.25) is 0 Å². The Morgan fingerprint density at radius 3 is 2.52 bits per heavy atom. The minimum atomic E-state index is 0.393. The molecule has 0 radical (unpaired) electrons. The molecule has 5 heteroatoms. The van der Waals surface area contributed by atoms with Crippen molar-refractivity contribution < 1.29 is 0 Å². The molecule has 25 heavy (non-hydrogen) atoms. The Morgan fingerprint density at radius 2 is 1.88 bits per heavy atom. The number of hydrogen-bond donors (Lipinski definition) is 1. The van der Waals surface area contributed by atoms with Gasteiger partial charge in [0.1, 0.15) is 0 Å². The number of benzene rings is 1. The van der Waals surface area contributed by atoms with Gasteiger partial charge >= 0.3 is 0 Å². The third-order valence-corrected chi connectivity index (χ3v) is 5.55. The van der Waals surface area contributed by atoms with E-state index in [0.29, 0.717) is 6.04 Å². The number of aryl methyl sites for hydroxylation is 1. The molecule has 0 aliphatic heterocycles. The molecular weight excluding hydrogens is 328 g/mol. The van der Waals surface area contributed by atoms with E-state index in [-0.39, 0.29) is 0 Å². The smallest absolute Gasteiger partial charge is 0.0648 e. The summed E-state index contributed by atoms with van der Waals surface area (Å²) in [6.45, 7) is 5.99. The zero-order chi connectivity index (χ0) is 17.8. The van der Waals surface area contributed by atoms with Gasteiger partial charge in [-0.2, -0.15) is 5.10 Å². The lowest BCUT2D eigenvalue weighted by Crippen LogP contribution is -2.30. The Hall–Kier alpha value is -1.95. The van der Waals surface area contributed by atoms with Crippen LogP contribution in [0.25, 0.3) is 5.69 Å². The summed E-state index contributed by atoms with van der Waals surface area (Å²) >= 11 is 1.82. The molecule has 0 saturated heterocycles. The van der Waals surface area contributed by atoms with Gasteiger partial charge in [-0.25, -0.2) is 4.68 Å². The van der Waals surface area contributed by atoms with E-state index in [1.54, 1.807) is 0 Å². The second-order valence-corrected chi connectivity index (χ2v) is 7.50. The van der Waals surface area contributed by atoms with E-state index in [1.165, 1.54) is 16.1 Å². The summed E-state index contributed by atoms with van der Waals surface area (Å²) in [4.78, 5) is 3.66. The van der Waals surface area contributed by atoms with E-state index < -0.39 is 0 Å². The van der Waals surface area contributed by atoms with E-state index in [2.05, 4.69) is 67.8 Å². The average Bonchev–Trinajstić information content (AvgIpc) is 3.22. The molecule has 0 aliphatic rings.